The summed E-state index contributed by atoms with van der Waals surface area (Å²) in [6.45, 7) is 3.18. The Morgan fingerprint density at radius 3 is 2.63 bits per heavy atom. The Bertz CT molecular complexity index is 504. The first-order valence-electron chi connectivity index (χ1n) is 5.59. The average molecular weight is 271 g/mol. The average Bonchev–Trinajstić information content (AvgIpc) is 2.37. The van der Waals surface area contributed by atoms with Crippen molar-refractivity contribution in [2.75, 3.05) is 6.54 Å². The summed E-state index contributed by atoms with van der Waals surface area (Å²) < 4.78 is 26.7. The fourth-order valence-corrected chi connectivity index (χ4v) is 1.52. The molecule has 0 spiro atoms. The van der Waals surface area contributed by atoms with E-state index in [0.717, 1.165) is 6.07 Å². The second kappa shape index (κ2) is 6.12. The number of benzene rings is 1. The predicted molar refractivity (Wildman–Crippen MR) is 65.9 cm³/mol. The number of halogens is 2. The third-order valence-electron chi connectivity index (χ3n) is 2.53. The maximum absolute atomic E-state index is 13.6. The number of nitrogens with zero attached hydrogens (tertiary/aromatic N) is 2. The largest absolute Gasteiger partial charge is 0.409 e. The number of hydrogen-bond donors (Lipinski definition) is 2. The first-order chi connectivity index (χ1) is 8.88. The molecule has 104 valence electrons. The van der Waals surface area contributed by atoms with E-state index >= 15 is 0 Å². The van der Waals surface area contributed by atoms with Gasteiger partial charge in [-0.1, -0.05) is 11.2 Å². The quantitative estimate of drug-likeness (QED) is 0.377. The minimum absolute atomic E-state index is 0.178. The van der Waals surface area contributed by atoms with Gasteiger partial charge in [-0.3, -0.25) is 4.79 Å². The topological polar surface area (TPSA) is 78.9 Å². The van der Waals surface area contributed by atoms with Gasteiger partial charge in [-0.05, 0) is 26.0 Å². The van der Waals surface area contributed by atoms with Crippen molar-refractivity contribution in [2.24, 2.45) is 10.9 Å². The van der Waals surface area contributed by atoms with Gasteiger partial charge in [0, 0.05) is 6.04 Å². The third kappa shape index (κ3) is 3.40. The van der Waals surface area contributed by atoms with Crippen LogP contribution in [-0.4, -0.2) is 34.4 Å². The molecule has 0 aliphatic rings. The maximum atomic E-state index is 13.6. The highest BCUT2D eigenvalue weighted by Gasteiger charge is 2.24. The Balaban J connectivity index is 3.10. The first-order valence-corrected chi connectivity index (χ1v) is 5.59. The van der Waals surface area contributed by atoms with Gasteiger partial charge in [0.2, 0.25) is 0 Å². The predicted octanol–water partition coefficient (Wildman–Crippen LogP) is 1.56. The summed E-state index contributed by atoms with van der Waals surface area (Å²) in [6, 6.07) is 3.03. The highest BCUT2D eigenvalue weighted by molar-refractivity contribution is 5.97. The van der Waals surface area contributed by atoms with Crippen molar-refractivity contribution in [2.45, 2.75) is 19.9 Å². The lowest BCUT2D eigenvalue weighted by atomic mass is 10.1. The van der Waals surface area contributed by atoms with Crippen molar-refractivity contribution >= 4 is 11.7 Å². The molecule has 1 amide bonds. The Morgan fingerprint density at radius 2 is 2.11 bits per heavy atom. The van der Waals surface area contributed by atoms with Gasteiger partial charge in [0.15, 0.2) is 17.5 Å². The van der Waals surface area contributed by atoms with E-state index in [1.54, 1.807) is 13.8 Å². The molecule has 0 radical (unpaired) electrons. The van der Waals surface area contributed by atoms with Crippen LogP contribution in [0.5, 0.6) is 0 Å². The summed E-state index contributed by atoms with van der Waals surface area (Å²) in [5, 5.41) is 11.3. The van der Waals surface area contributed by atoms with Crippen molar-refractivity contribution in [3.8, 4) is 0 Å². The number of rotatable bonds is 4. The lowest BCUT2D eigenvalue weighted by Gasteiger charge is -2.26. The lowest BCUT2D eigenvalue weighted by Crippen LogP contribution is -2.43. The summed E-state index contributed by atoms with van der Waals surface area (Å²) in [6.07, 6.45) is 0. The van der Waals surface area contributed by atoms with Crippen LogP contribution in [0.15, 0.2) is 23.4 Å². The number of amides is 1. The van der Waals surface area contributed by atoms with Crippen molar-refractivity contribution in [3.63, 3.8) is 0 Å². The third-order valence-corrected chi connectivity index (χ3v) is 2.53. The molecule has 0 aliphatic heterocycles. The van der Waals surface area contributed by atoms with Crippen molar-refractivity contribution in [1.29, 1.82) is 0 Å². The molecule has 5 nitrogen and oxygen atoms in total. The molecule has 0 heterocycles. The van der Waals surface area contributed by atoms with E-state index in [2.05, 4.69) is 5.16 Å². The zero-order valence-electron chi connectivity index (χ0n) is 10.6. The van der Waals surface area contributed by atoms with Gasteiger partial charge in [-0.15, -0.1) is 0 Å². The summed E-state index contributed by atoms with van der Waals surface area (Å²) in [5.74, 6) is -3.23. The second-order valence-electron chi connectivity index (χ2n) is 4.22. The van der Waals surface area contributed by atoms with Crippen LogP contribution >= 0.6 is 0 Å². The molecule has 0 fully saturated rings. The van der Waals surface area contributed by atoms with Gasteiger partial charge in [-0.2, -0.15) is 0 Å². The molecule has 0 saturated carbocycles. The lowest BCUT2D eigenvalue weighted by molar-refractivity contribution is 0.0728. The molecule has 0 unspecified atom stereocenters. The standard InChI is InChI=1S/C12H15F2N3O2/c1-7(2)17(6-10(15)16-19)12(18)8-4-3-5-9(13)11(8)14/h3-5,7,19H,6H2,1-2H3,(H2,15,16). The summed E-state index contributed by atoms with van der Waals surface area (Å²) in [5.41, 5.74) is 4.94. The Hall–Kier alpha value is -2.18. The highest BCUT2D eigenvalue weighted by Crippen LogP contribution is 2.15. The molecule has 0 saturated heterocycles. The van der Waals surface area contributed by atoms with E-state index in [0.29, 0.717) is 0 Å². The van der Waals surface area contributed by atoms with Crippen LogP contribution in [0.25, 0.3) is 0 Å². The Morgan fingerprint density at radius 1 is 1.47 bits per heavy atom. The van der Waals surface area contributed by atoms with Crippen LogP contribution in [0.3, 0.4) is 0 Å². The summed E-state index contributed by atoms with van der Waals surface area (Å²) in [4.78, 5) is 13.3. The van der Waals surface area contributed by atoms with E-state index in [1.807, 2.05) is 0 Å². The van der Waals surface area contributed by atoms with Gasteiger partial charge < -0.3 is 15.8 Å². The minimum atomic E-state index is -1.21. The summed E-state index contributed by atoms with van der Waals surface area (Å²) >= 11 is 0. The number of oxime groups is 1. The first kappa shape index (κ1) is 14.9. The highest BCUT2D eigenvalue weighted by atomic mass is 19.2. The number of nitrogens with two attached hydrogens (primary N) is 1. The van der Waals surface area contributed by atoms with Crippen molar-refractivity contribution < 1.29 is 18.8 Å². The van der Waals surface area contributed by atoms with Crippen LogP contribution in [0, 0.1) is 11.6 Å². The van der Waals surface area contributed by atoms with Gasteiger partial charge >= 0.3 is 0 Å². The molecule has 1 aromatic carbocycles. The van der Waals surface area contributed by atoms with Crippen LogP contribution in [0.4, 0.5) is 8.78 Å². The van der Waals surface area contributed by atoms with Crippen LogP contribution < -0.4 is 5.73 Å². The monoisotopic (exact) mass is 271 g/mol. The fourth-order valence-electron chi connectivity index (χ4n) is 1.52. The van der Waals surface area contributed by atoms with Crippen LogP contribution in [-0.2, 0) is 0 Å². The molecule has 0 aliphatic carbocycles. The van der Waals surface area contributed by atoms with E-state index in [4.69, 9.17) is 10.9 Å². The number of carbonyl (C=O) groups is 1. The fraction of sp³-hybridized carbons (Fsp3) is 0.333. The number of amidine groups is 1. The Labute approximate surface area is 109 Å². The normalized spacial score (nSPS) is 11.7. The second-order valence-corrected chi connectivity index (χ2v) is 4.22. The van der Waals surface area contributed by atoms with E-state index in [9.17, 15) is 13.6 Å². The van der Waals surface area contributed by atoms with Crippen LogP contribution in [0.2, 0.25) is 0 Å². The van der Waals surface area contributed by atoms with Gasteiger partial charge in [0.25, 0.3) is 5.91 Å². The van der Waals surface area contributed by atoms with Crippen LogP contribution in [0.1, 0.15) is 24.2 Å². The molecule has 0 aromatic heterocycles. The molecule has 19 heavy (non-hydrogen) atoms. The molecular formula is C12H15F2N3O2. The smallest absolute Gasteiger partial charge is 0.257 e. The molecular weight excluding hydrogens is 256 g/mol. The summed E-state index contributed by atoms with van der Waals surface area (Å²) in [7, 11) is 0. The number of carbonyl (C=O) groups excluding carboxylic acids is 1. The minimum Gasteiger partial charge on any atom is -0.409 e. The Kier molecular flexibility index (Phi) is 4.80. The zero-order chi connectivity index (χ0) is 14.6. The molecule has 0 atom stereocenters. The molecule has 7 heteroatoms. The van der Waals surface area contributed by atoms with Gasteiger partial charge in [-0.25, -0.2) is 8.78 Å². The number of hydrogen-bond acceptors (Lipinski definition) is 3. The molecule has 1 aromatic rings. The SMILES string of the molecule is CC(C)N(CC(N)=NO)C(=O)c1cccc(F)c1F. The van der Waals surface area contributed by atoms with Crippen molar-refractivity contribution in [1.82, 2.24) is 4.90 Å². The van der Waals surface area contributed by atoms with Gasteiger partial charge in [0.1, 0.15) is 0 Å². The molecule has 1 rings (SSSR count). The molecule has 0 bridgehead atoms. The van der Waals surface area contributed by atoms with E-state index in [1.165, 1.54) is 17.0 Å². The van der Waals surface area contributed by atoms with Gasteiger partial charge in [0.05, 0.1) is 12.1 Å². The molecule has 3 N–H and O–H groups in total. The van der Waals surface area contributed by atoms with E-state index in [-0.39, 0.29) is 24.0 Å². The maximum Gasteiger partial charge on any atom is 0.257 e. The zero-order valence-corrected chi connectivity index (χ0v) is 10.6. The van der Waals surface area contributed by atoms with E-state index < -0.39 is 17.5 Å². The van der Waals surface area contributed by atoms with Crippen molar-refractivity contribution in [3.05, 3.63) is 35.4 Å².